The van der Waals surface area contributed by atoms with Crippen molar-refractivity contribution in [1.29, 1.82) is 0 Å². The van der Waals surface area contributed by atoms with E-state index >= 15 is 0 Å². The van der Waals surface area contributed by atoms with Crippen molar-refractivity contribution in [2.45, 2.75) is 25.9 Å². The summed E-state index contributed by atoms with van der Waals surface area (Å²) in [4.78, 5) is 10.3. The van der Waals surface area contributed by atoms with E-state index in [0.29, 0.717) is 12.7 Å². The van der Waals surface area contributed by atoms with Crippen molar-refractivity contribution >= 4 is 5.97 Å². The molecule has 1 aliphatic heterocycles. The fourth-order valence-electron chi connectivity index (χ4n) is 0.762. The third kappa shape index (κ3) is 3.45. The number of carbonyl (C=O) groups excluding carboxylic acids is 1. The second-order valence-corrected chi connectivity index (χ2v) is 2.44. The summed E-state index contributed by atoms with van der Waals surface area (Å²) in [6, 6.07) is 0. The van der Waals surface area contributed by atoms with Gasteiger partial charge in [-0.15, -0.1) is 0 Å². The maximum absolute atomic E-state index is 10.3. The zero-order valence-electron chi connectivity index (χ0n) is 6.13. The number of epoxide rings is 1. The van der Waals surface area contributed by atoms with E-state index in [1.54, 1.807) is 0 Å². The predicted molar refractivity (Wildman–Crippen MR) is 35.6 cm³/mol. The van der Waals surface area contributed by atoms with E-state index in [1.165, 1.54) is 6.92 Å². The Labute approximate surface area is 60.3 Å². The van der Waals surface area contributed by atoms with Gasteiger partial charge in [-0.1, -0.05) is 0 Å². The van der Waals surface area contributed by atoms with E-state index in [4.69, 9.17) is 9.47 Å². The van der Waals surface area contributed by atoms with E-state index in [0.717, 1.165) is 19.4 Å². The Morgan fingerprint density at radius 3 is 3.00 bits per heavy atom. The topological polar surface area (TPSA) is 38.8 Å². The van der Waals surface area contributed by atoms with Gasteiger partial charge in [0.05, 0.1) is 19.3 Å². The summed E-state index contributed by atoms with van der Waals surface area (Å²) < 4.78 is 9.70. The lowest BCUT2D eigenvalue weighted by Gasteiger charge is -1.98. The Bertz CT molecular complexity index is 118. The SMILES string of the molecule is CC(=O)OCCCC1CO1. The number of esters is 1. The van der Waals surface area contributed by atoms with Crippen molar-refractivity contribution in [2.24, 2.45) is 0 Å². The fourth-order valence-corrected chi connectivity index (χ4v) is 0.762. The minimum atomic E-state index is -0.197. The first kappa shape index (κ1) is 7.54. The average molecular weight is 144 g/mol. The van der Waals surface area contributed by atoms with Gasteiger partial charge >= 0.3 is 5.97 Å². The molecule has 1 aliphatic rings. The highest BCUT2D eigenvalue weighted by molar-refractivity contribution is 5.65. The van der Waals surface area contributed by atoms with Crippen molar-refractivity contribution in [3.05, 3.63) is 0 Å². The monoisotopic (exact) mass is 144 g/mol. The Balaban J connectivity index is 1.80. The maximum Gasteiger partial charge on any atom is 0.302 e. The number of hydrogen-bond acceptors (Lipinski definition) is 3. The number of hydrogen-bond donors (Lipinski definition) is 0. The molecule has 1 heterocycles. The lowest BCUT2D eigenvalue weighted by atomic mass is 10.3. The van der Waals surface area contributed by atoms with Gasteiger partial charge in [0.2, 0.25) is 0 Å². The van der Waals surface area contributed by atoms with Crippen molar-refractivity contribution in [2.75, 3.05) is 13.2 Å². The molecule has 10 heavy (non-hydrogen) atoms. The highest BCUT2D eigenvalue weighted by atomic mass is 16.6. The third-order valence-corrected chi connectivity index (χ3v) is 1.38. The van der Waals surface area contributed by atoms with Crippen molar-refractivity contribution in [1.82, 2.24) is 0 Å². The molecule has 1 atom stereocenters. The van der Waals surface area contributed by atoms with Gasteiger partial charge in [-0.2, -0.15) is 0 Å². The first-order chi connectivity index (χ1) is 4.79. The summed E-state index contributed by atoms with van der Waals surface area (Å²) in [6.07, 6.45) is 2.40. The van der Waals surface area contributed by atoms with Crippen LogP contribution in [0.1, 0.15) is 19.8 Å². The Morgan fingerprint density at radius 2 is 2.50 bits per heavy atom. The molecule has 0 bridgehead atoms. The number of carbonyl (C=O) groups is 1. The van der Waals surface area contributed by atoms with E-state index in [1.807, 2.05) is 0 Å². The molecule has 0 aromatic carbocycles. The largest absolute Gasteiger partial charge is 0.466 e. The first-order valence-electron chi connectivity index (χ1n) is 3.54. The van der Waals surface area contributed by atoms with Crippen LogP contribution in [0.4, 0.5) is 0 Å². The Hall–Kier alpha value is -0.570. The van der Waals surface area contributed by atoms with Crippen LogP contribution >= 0.6 is 0 Å². The maximum atomic E-state index is 10.3. The molecule has 0 N–H and O–H groups in total. The molecule has 1 rings (SSSR count). The smallest absolute Gasteiger partial charge is 0.302 e. The van der Waals surface area contributed by atoms with E-state index in [9.17, 15) is 4.79 Å². The fraction of sp³-hybridized carbons (Fsp3) is 0.857. The van der Waals surface area contributed by atoms with Crippen LogP contribution in [0.25, 0.3) is 0 Å². The summed E-state index contributed by atoms with van der Waals surface area (Å²) in [5.74, 6) is -0.197. The lowest BCUT2D eigenvalue weighted by molar-refractivity contribution is -0.141. The molecule has 0 aliphatic carbocycles. The highest BCUT2D eigenvalue weighted by Gasteiger charge is 2.21. The summed E-state index contributed by atoms with van der Waals surface area (Å²) in [5, 5.41) is 0. The third-order valence-electron chi connectivity index (χ3n) is 1.38. The summed E-state index contributed by atoms with van der Waals surface area (Å²) >= 11 is 0. The zero-order chi connectivity index (χ0) is 7.40. The second kappa shape index (κ2) is 3.56. The van der Waals surface area contributed by atoms with Crippen molar-refractivity contribution in [3.8, 4) is 0 Å². The molecule has 1 fully saturated rings. The van der Waals surface area contributed by atoms with Gasteiger partial charge in [0.25, 0.3) is 0 Å². The standard InChI is InChI=1S/C7H12O3/c1-6(8)9-4-2-3-7-5-10-7/h7H,2-5H2,1H3. The molecule has 0 aromatic rings. The van der Waals surface area contributed by atoms with E-state index < -0.39 is 0 Å². The molecule has 0 radical (unpaired) electrons. The molecule has 58 valence electrons. The van der Waals surface area contributed by atoms with Crippen LogP contribution in [0.15, 0.2) is 0 Å². The van der Waals surface area contributed by atoms with Crippen LogP contribution in [0.2, 0.25) is 0 Å². The van der Waals surface area contributed by atoms with Crippen LogP contribution in [0, 0.1) is 0 Å². The van der Waals surface area contributed by atoms with Gasteiger partial charge in [0.1, 0.15) is 0 Å². The molecule has 0 spiro atoms. The van der Waals surface area contributed by atoms with Crippen molar-refractivity contribution in [3.63, 3.8) is 0 Å². The van der Waals surface area contributed by atoms with Gasteiger partial charge < -0.3 is 9.47 Å². The predicted octanol–water partition coefficient (Wildman–Crippen LogP) is 0.729. The summed E-state index contributed by atoms with van der Waals surface area (Å²) in [7, 11) is 0. The first-order valence-corrected chi connectivity index (χ1v) is 3.54. The minimum Gasteiger partial charge on any atom is -0.466 e. The van der Waals surface area contributed by atoms with Crippen LogP contribution < -0.4 is 0 Å². The van der Waals surface area contributed by atoms with Crippen LogP contribution in [-0.2, 0) is 14.3 Å². The molecule has 1 saturated heterocycles. The zero-order valence-corrected chi connectivity index (χ0v) is 6.13. The molecular weight excluding hydrogens is 132 g/mol. The molecule has 0 amide bonds. The number of ether oxygens (including phenoxy) is 2. The second-order valence-electron chi connectivity index (χ2n) is 2.44. The van der Waals surface area contributed by atoms with E-state index in [2.05, 4.69) is 0 Å². The van der Waals surface area contributed by atoms with Gasteiger partial charge in [-0.05, 0) is 12.8 Å². The van der Waals surface area contributed by atoms with Gasteiger partial charge in [0, 0.05) is 6.92 Å². The quantitative estimate of drug-likeness (QED) is 0.331. The lowest BCUT2D eigenvalue weighted by Crippen LogP contribution is -2.01. The van der Waals surface area contributed by atoms with Gasteiger partial charge in [0.15, 0.2) is 0 Å². The van der Waals surface area contributed by atoms with Crippen LogP contribution in [-0.4, -0.2) is 25.3 Å². The summed E-state index contributed by atoms with van der Waals surface area (Å²) in [6.45, 7) is 2.85. The van der Waals surface area contributed by atoms with Crippen LogP contribution in [0.3, 0.4) is 0 Å². The molecule has 1 unspecified atom stereocenters. The molecular formula is C7H12O3. The molecule has 3 heteroatoms. The molecule has 3 nitrogen and oxygen atoms in total. The van der Waals surface area contributed by atoms with Crippen molar-refractivity contribution < 1.29 is 14.3 Å². The van der Waals surface area contributed by atoms with Gasteiger partial charge in [-0.3, -0.25) is 4.79 Å². The average Bonchev–Trinajstić information content (AvgIpc) is 2.62. The minimum absolute atomic E-state index is 0.197. The van der Waals surface area contributed by atoms with Gasteiger partial charge in [-0.25, -0.2) is 0 Å². The highest BCUT2D eigenvalue weighted by Crippen LogP contribution is 2.14. The molecule has 0 saturated carbocycles. The van der Waals surface area contributed by atoms with E-state index in [-0.39, 0.29) is 5.97 Å². The van der Waals surface area contributed by atoms with Crippen LogP contribution in [0.5, 0.6) is 0 Å². The Kier molecular flexibility index (Phi) is 2.68. The normalized spacial score (nSPS) is 22.3. The molecule has 0 aromatic heterocycles. The summed E-state index contributed by atoms with van der Waals surface area (Å²) in [5.41, 5.74) is 0. The Morgan fingerprint density at radius 1 is 1.80 bits per heavy atom. The number of rotatable bonds is 4.